The number of hydrogen-bond acceptors (Lipinski definition) is 3. The highest BCUT2D eigenvalue weighted by atomic mass is 35.5. The summed E-state index contributed by atoms with van der Waals surface area (Å²) in [7, 11) is 0. The summed E-state index contributed by atoms with van der Waals surface area (Å²) in [5.74, 6) is -0.108. The molecule has 2 aromatic heterocycles. The first-order chi connectivity index (χ1) is 11.1. The van der Waals surface area contributed by atoms with Crippen molar-refractivity contribution in [2.45, 2.75) is 19.8 Å². The van der Waals surface area contributed by atoms with Crippen LogP contribution in [0, 0.1) is 6.92 Å². The van der Waals surface area contributed by atoms with Crippen LogP contribution in [-0.4, -0.2) is 27.0 Å². The van der Waals surface area contributed by atoms with Crippen LogP contribution in [0.5, 0.6) is 0 Å². The van der Waals surface area contributed by atoms with E-state index in [0.717, 1.165) is 29.7 Å². The number of aryl methyl sites for hydroxylation is 2. The highest BCUT2D eigenvalue weighted by Crippen LogP contribution is 2.10. The molecule has 118 valence electrons. The van der Waals surface area contributed by atoms with Gasteiger partial charge in [-0.3, -0.25) is 4.79 Å². The fourth-order valence-electron chi connectivity index (χ4n) is 2.39. The largest absolute Gasteiger partial charge is 0.352 e. The van der Waals surface area contributed by atoms with Gasteiger partial charge in [0, 0.05) is 35.6 Å². The molecule has 0 saturated carbocycles. The number of nitrogens with one attached hydrogen (secondary N) is 1. The Morgan fingerprint density at radius 2 is 2.22 bits per heavy atom. The number of carbonyl (C=O) groups is 1. The number of rotatable bonds is 5. The lowest BCUT2D eigenvalue weighted by molar-refractivity contribution is 0.0953. The zero-order chi connectivity index (χ0) is 16.2. The van der Waals surface area contributed by atoms with Gasteiger partial charge in [0.1, 0.15) is 0 Å². The van der Waals surface area contributed by atoms with Crippen LogP contribution in [0.4, 0.5) is 0 Å². The van der Waals surface area contributed by atoms with Gasteiger partial charge in [0.2, 0.25) is 0 Å². The van der Waals surface area contributed by atoms with Crippen LogP contribution >= 0.6 is 11.6 Å². The predicted molar refractivity (Wildman–Crippen MR) is 89.8 cm³/mol. The van der Waals surface area contributed by atoms with E-state index in [2.05, 4.69) is 15.4 Å². The van der Waals surface area contributed by atoms with E-state index in [-0.39, 0.29) is 5.91 Å². The Morgan fingerprint density at radius 3 is 3.04 bits per heavy atom. The zero-order valence-electron chi connectivity index (χ0n) is 12.8. The van der Waals surface area contributed by atoms with E-state index in [9.17, 15) is 4.79 Å². The van der Waals surface area contributed by atoms with Gasteiger partial charge in [0.15, 0.2) is 5.65 Å². The molecule has 0 spiro atoms. The zero-order valence-corrected chi connectivity index (χ0v) is 13.5. The summed E-state index contributed by atoms with van der Waals surface area (Å²) >= 11 is 5.88. The molecule has 3 aromatic rings. The van der Waals surface area contributed by atoms with Gasteiger partial charge in [-0.05, 0) is 43.5 Å². The molecule has 0 aliphatic heterocycles. The number of amides is 1. The van der Waals surface area contributed by atoms with E-state index in [0.29, 0.717) is 17.1 Å². The number of nitrogens with zero attached hydrogens (tertiary/aromatic N) is 3. The van der Waals surface area contributed by atoms with Crippen molar-refractivity contribution in [2.75, 3.05) is 6.54 Å². The molecule has 1 N–H and O–H groups in total. The molecular formula is C17H17ClN4O. The second kappa shape index (κ2) is 6.79. The van der Waals surface area contributed by atoms with Crippen molar-refractivity contribution in [1.29, 1.82) is 0 Å². The summed E-state index contributed by atoms with van der Waals surface area (Å²) in [6.07, 6.45) is 5.50. The Morgan fingerprint density at radius 1 is 1.35 bits per heavy atom. The van der Waals surface area contributed by atoms with Crippen LogP contribution in [0.3, 0.4) is 0 Å². The number of aromatic nitrogens is 3. The highest BCUT2D eigenvalue weighted by molar-refractivity contribution is 6.30. The van der Waals surface area contributed by atoms with Gasteiger partial charge in [-0.25, -0.2) is 9.50 Å². The van der Waals surface area contributed by atoms with Crippen molar-refractivity contribution >= 4 is 23.2 Å². The summed E-state index contributed by atoms with van der Waals surface area (Å²) in [5.41, 5.74) is 3.47. The minimum Gasteiger partial charge on any atom is -0.352 e. The van der Waals surface area contributed by atoms with Gasteiger partial charge in [0.25, 0.3) is 5.91 Å². The molecular weight excluding hydrogens is 312 g/mol. The summed E-state index contributed by atoms with van der Waals surface area (Å²) in [6.45, 7) is 2.54. The van der Waals surface area contributed by atoms with Crippen molar-refractivity contribution in [3.63, 3.8) is 0 Å². The Bertz CT molecular complexity index is 843. The molecule has 0 aliphatic rings. The molecule has 6 heteroatoms. The topological polar surface area (TPSA) is 59.3 Å². The van der Waals surface area contributed by atoms with E-state index in [4.69, 9.17) is 11.6 Å². The lowest BCUT2D eigenvalue weighted by Gasteiger charge is -2.06. The van der Waals surface area contributed by atoms with Gasteiger partial charge >= 0.3 is 0 Å². The number of carbonyl (C=O) groups excluding carboxylic acids is 1. The third kappa shape index (κ3) is 3.87. The van der Waals surface area contributed by atoms with Gasteiger partial charge in [-0.2, -0.15) is 5.10 Å². The number of fused-ring (bicyclic) bond motifs is 1. The Kier molecular flexibility index (Phi) is 4.57. The average Bonchev–Trinajstić information content (AvgIpc) is 2.90. The standard InChI is InChI=1S/C17H17ClN4O/c1-12-8-16-20-10-13(11-22(16)21-12)4-3-7-19-17(23)14-5-2-6-15(18)9-14/h2,5-6,8-11H,3-4,7H2,1H3,(H,19,23). The van der Waals surface area contributed by atoms with Crippen LogP contribution < -0.4 is 5.32 Å². The molecule has 3 rings (SSSR count). The van der Waals surface area contributed by atoms with Crippen LogP contribution in [0.2, 0.25) is 5.02 Å². The second-order valence-electron chi connectivity index (χ2n) is 5.42. The summed E-state index contributed by atoms with van der Waals surface area (Å²) < 4.78 is 1.79. The quantitative estimate of drug-likeness (QED) is 0.732. The van der Waals surface area contributed by atoms with Crippen molar-refractivity contribution < 1.29 is 4.79 Å². The molecule has 1 aromatic carbocycles. The minimum absolute atomic E-state index is 0.108. The van der Waals surface area contributed by atoms with E-state index >= 15 is 0 Å². The van der Waals surface area contributed by atoms with Crippen LogP contribution in [0.1, 0.15) is 28.0 Å². The molecule has 5 nitrogen and oxygen atoms in total. The van der Waals surface area contributed by atoms with Crippen LogP contribution in [0.25, 0.3) is 5.65 Å². The Hall–Kier alpha value is -2.40. The number of hydrogen-bond donors (Lipinski definition) is 1. The van der Waals surface area contributed by atoms with E-state index in [1.165, 1.54) is 0 Å². The normalized spacial score (nSPS) is 10.9. The minimum atomic E-state index is -0.108. The summed E-state index contributed by atoms with van der Waals surface area (Å²) in [6, 6.07) is 8.87. The monoisotopic (exact) mass is 328 g/mol. The smallest absolute Gasteiger partial charge is 0.251 e. The molecule has 0 aliphatic carbocycles. The maximum absolute atomic E-state index is 12.0. The van der Waals surface area contributed by atoms with Crippen molar-refractivity contribution in [1.82, 2.24) is 19.9 Å². The maximum atomic E-state index is 12.0. The number of benzene rings is 1. The molecule has 0 atom stereocenters. The third-order valence-electron chi connectivity index (χ3n) is 3.50. The summed E-state index contributed by atoms with van der Waals surface area (Å²) in [4.78, 5) is 16.4. The summed E-state index contributed by atoms with van der Waals surface area (Å²) in [5, 5.41) is 7.81. The van der Waals surface area contributed by atoms with Crippen LogP contribution in [-0.2, 0) is 6.42 Å². The molecule has 0 bridgehead atoms. The van der Waals surface area contributed by atoms with Gasteiger partial charge in [-0.15, -0.1) is 0 Å². The van der Waals surface area contributed by atoms with Crippen molar-refractivity contribution in [2.24, 2.45) is 0 Å². The lowest BCUT2D eigenvalue weighted by Crippen LogP contribution is -2.24. The predicted octanol–water partition coefficient (Wildman–Crippen LogP) is 3.05. The molecule has 0 saturated heterocycles. The number of halogens is 1. The Balaban J connectivity index is 1.51. The lowest BCUT2D eigenvalue weighted by atomic mass is 10.2. The van der Waals surface area contributed by atoms with Crippen molar-refractivity contribution in [3.05, 3.63) is 64.6 Å². The van der Waals surface area contributed by atoms with E-state index in [1.54, 1.807) is 28.8 Å². The van der Waals surface area contributed by atoms with E-state index < -0.39 is 0 Å². The maximum Gasteiger partial charge on any atom is 0.251 e. The SMILES string of the molecule is Cc1cc2ncc(CCCNC(=O)c3cccc(Cl)c3)cn2n1. The van der Waals surface area contributed by atoms with Gasteiger partial charge in [0.05, 0.1) is 5.69 Å². The first-order valence-corrected chi connectivity index (χ1v) is 7.84. The fourth-order valence-corrected chi connectivity index (χ4v) is 2.58. The molecule has 0 fully saturated rings. The molecule has 0 radical (unpaired) electrons. The Labute approximate surface area is 139 Å². The average molecular weight is 329 g/mol. The van der Waals surface area contributed by atoms with Gasteiger partial charge in [-0.1, -0.05) is 17.7 Å². The second-order valence-corrected chi connectivity index (χ2v) is 5.86. The molecule has 1 amide bonds. The fraction of sp³-hybridized carbons (Fsp3) is 0.235. The van der Waals surface area contributed by atoms with Crippen molar-refractivity contribution in [3.8, 4) is 0 Å². The molecule has 2 heterocycles. The first-order valence-electron chi connectivity index (χ1n) is 7.46. The highest BCUT2D eigenvalue weighted by Gasteiger charge is 2.05. The molecule has 0 unspecified atom stereocenters. The first kappa shape index (κ1) is 15.5. The van der Waals surface area contributed by atoms with Gasteiger partial charge < -0.3 is 5.32 Å². The van der Waals surface area contributed by atoms with Crippen LogP contribution in [0.15, 0.2) is 42.7 Å². The van der Waals surface area contributed by atoms with E-state index in [1.807, 2.05) is 25.4 Å². The third-order valence-corrected chi connectivity index (χ3v) is 3.74. The molecule has 23 heavy (non-hydrogen) atoms.